The summed E-state index contributed by atoms with van der Waals surface area (Å²) in [6, 6.07) is 13.5. The molecule has 0 saturated carbocycles. The highest BCUT2D eigenvalue weighted by Crippen LogP contribution is 2.22. The third-order valence-electron chi connectivity index (χ3n) is 4.84. The minimum absolute atomic E-state index is 0.101. The molecule has 0 bridgehead atoms. The average Bonchev–Trinajstić information content (AvgIpc) is 3.15. The van der Waals surface area contributed by atoms with Crippen molar-refractivity contribution in [3.05, 3.63) is 70.8 Å². The Hall–Kier alpha value is -2.93. The van der Waals surface area contributed by atoms with E-state index in [4.69, 9.17) is 4.74 Å². The zero-order valence-corrected chi connectivity index (χ0v) is 17.1. The number of aromatic nitrogens is 4. The summed E-state index contributed by atoms with van der Waals surface area (Å²) in [6.07, 6.45) is -0.666. The summed E-state index contributed by atoms with van der Waals surface area (Å²) in [6.45, 7) is 4.77. The van der Waals surface area contributed by atoms with Gasteiger partial charge in [0.25, 0.3) is 5.91 Å². The average molecular weight is 381 g/mol. The highest BCUT2D eigenvalue weighted by atomic mass is 16.5. The fourth-order valence-electron chi connectivity index (χ4n) is 3.30. The minimum Gasteiger partial charge on any atom is -0.367 e. The number of amides is 1. The predicted octanol–water partition coefficient (Wildman–Crippen LogP) is 2.69. The van der Waals surface area contributed by atoms with Crippen LogP contribution in [0.15, 0.2) is 42.5 Å². The van der Waals surface area contributed by atoms with Gasteiger partial charge in [-0.1, -0.05) is 30.3 Å². The number of hydrogen-bond donors (Lipinski definition) is 0. The molecule has 0 aliphatic heterocycles. The van der Waals surface area contributed by atoms with Gasteiger partial charge < -0.3 is 9.64 Å². The minimum atomic E-state index is -0.666. The van der Waals surface area contributed by atoms with Crippen molar-refractivity contribution < 1.29 is 9.53 Å². The van der Waals surface area contributed by atoms with Crippen molar-refractivity contribution in [1.29, 1.82) is 0 Å². The lowest BCUT2D eigenvalue weighted by Crippen LogP contribution is -2.35. The first kappa shape index (κ1) is 19.8. The molecule has 1 aromatic carbocycles. The molecule has 0 N–H and O–H groups in total. The van der Waals surface area contributed by atoms with Crippen molar-refractivity contribution in [3.63, 3.8) is 0 Å². The molecule has 1 atom stereocenters. The molecule has 148 valence electrons. The molecule has 0 unspecified atom stereocenters. The van der Waals surface area contributed by atoms with E-state index in [2.05, 4.69) is 10.2 Å². The molecule has 0 radical (unpaired) electrons. The molecule has 2 aromatic heterocycles. The Morgan fingerprint density at radius 1 is 1.07 bits per heavy atom. The first-order valence-corrected chi connectivity index (χ1v) is 9.24. The Labute approximate surface area is 165 Å². The molecule has 0 fully saturated rings. The topological polar surface area (TPSA) is 65.2 Å². The Morgan fingerprint density at radius 3 is 2.32 bits per heavy atom. The predicted molar refractivity (Wildman–Crippen MR) is 106 cm³/mol. The Morgan fingerprint density at radius 2 is 1.79 bits per heavy atom. The summed E-state index contributed by atoms with van der Waals surface area (Å²) in [4.78, 5) is 15.2. The molecule has 3 aromatic rings. The molecule has 28 heavy (non-hydrogen) atoms. The highest BCUT2D eigenvalue weighted by molar-refractivity contribution is 5.82. The number of nitrogens with zero attached hydrogens (tertiary/aromatic N) is 5. The highest BCUT2D eigenvalue weighted by Gasteiger charge is 2.27. The molecular formula is C21H27N5O2. The first-order valence-electron chi connectivity index (χ1n) is 9.24. The summed E-state index contributed by atoms with van der Waals surface area (Å²) < 4.78 is 9.21. The summed E-state index contributed by atoms with van der Waals surface area (Å²) in [7, 11) is 5.35. The van der Waals surface area contributed by atoms with Crippen molar-refractivity contribution >= 4 is 5.91 Å². The van der Waals surface area contributed by atoms with Gasteiger partial charge in [-0.2, -0.15) is 10.2 Å². The summed E-state index contributed by atoms with van der Waals surface area (Å²) >= 11 is 0. The van der Waals surface area contributed by atoms with Gasteiger partial charge in [-0.25, -0.2) is 0 Å². The van der Waals surface area contributed by atoms with Gasteiger partial charge in [0.1, 0.15) is 0 Å². The van der Waals surface area contributed by atoms with Crippen LogP contribution in [0.3, 0.4) is 0 Å². The number of carbonyl (C=O) groups excluding carboxylic acids is 1. The van der Waals surface area contributed by atoms with Gasteiger partial charge in [0.15, 0.2) is 6.10 Å². The van der Waals surface area contributed by atoms with Crippen LogP contribution in [0.2, 0.25) is 0 Å². The van der Waals surface area contributed by atoms with Crippen LogP contribution in [0, 0.1) is 13.8 Å². The number of rotatable bonds is 7. The van der Waals surface area contributed by atoms with Crippen LogP contribution in [0.5, 0.6) is 0 Å². The number of benzene rings is 1. The van der Waals surface area contributed by atoms with Crippen molar-refractivity contribution in [3.8, 4) is 0 Å². The van der Waals surface area contributed by atoms with Crippen LogP contribution in [0.1, 0.15) is 34.4 Å². The Balaban J connectivity index is 1.91. The third-order valence-corrected chi connectivity index (χ3v) is 4.84. The molecule has 3 rings (SSSR count). The standard InChI is InChI=1S/C21H27N5O2/c1-15-11-19(25(4)22-15)14-26(13-18-12-16(2)24(3)23-18)21(27)20(28-5)17-9-7-6-8-10-17/h6-12,20H,13-14H2,1-5H3/t20-/m0/s1. The second-order valence-electron chi connectivity index (χ2n) is 7.02. The van der Waals surface area contributed by atoms with Crippen LogP contribution < -0.4 is 0 Å². The smallest absolute Gasteiger partial charge is 0.257 e. The first-order chi connectivity index (χ1) is 13.4. The van der Waals surface area contributed by atoms with Crippen molar-refractivity contribution in [2.24, 2.45) is 14.1 Å². The van der Waals surface area contributed by atoms with E-state index in [1.165, 1.54) is 0 Å². The Bertz CT molecular complexity index is 926. The molecule has 0 aliphatic rings. The van der Waals surface area contributed by atoms with Gasteiger partial charge in [0.2, 0.25) is 0 Å². The quantitative estimate of drug-likeness (QED) is 0.631. The van der Waals surface area contributed by atoms with Gasteiger partial charge in [-0.15, -0.1) is 0 Å². The second kappa shape index (κ2) is 8.39. The van der Waals surface area contributed by atoms with Gasteiger partial charge >= 0.3 is 0 Å². The fraction of sp³-hybridized carbons (Fsp3) is 0.381. The summed E-state index contributed by atoms with van der Waals surface area (Å²) in [5.41, 5.74) is 4.60. The summed E-state index contributed by atoms with van der Waals surface area (Å²) in [5.74, 6) is -0.101. The third kappa shape index (κ3) is 4.31. The van der Waals surface area contributed by atoms with Crippen LogP contribution in [-0.4, -0.2) is 37.5 Å². The zero-order valence-electron chi connectivity index (χ0n) is 17.1. The second-order valence-corrected chi connectivity index (χ2v) is 7.02. The summed E-state index contributed by atoms with van der Waals surface area (Å²) in [5, 5.41) is 8.92. The number of ether oxygens (including phenoxy) is 1. The van der Waals surface area contributed by atoms with Gasteiger partial charge in [0, 0.05) is 26.9 Å². The molecular weight excluding hydrogens is 354 g/mol. The number of aryl methyl sites for hydroxylation is 4. The number of methoxy groups -OCH3 is 1. The van der Waals surface area contributed by atoms with Gasteiger partial charge in [-0.3, -0.25) is 14.2 Å². The van der Waals surface area contributed by atoms with Crippen LogP contribution in [0.4, 0.5) is 0 Å². The van der Waals surface area contributed by atoms with Crippen molar-refractivity contribution in [1.82, 2.24) is 24.5 Å². The lowest BCUT2D eigenvalue weighted by Gasteiger charge is -2.26. The van der Waals surface area contributed by atoms with E-state index >= 15 is 0 Å². The lowest BCUT2D eigenvalue weighted by molar-refractivity contribution is -0.144. The van der Waals surface area contributed by atoms with Crippen LogP contribution in [-0.2, 0) is 36.7 Å². The molecule has 7 nitrogen and oxygen atoms in total. The van der Waals surface area contributed by atoms with Crippen LogP contribution >= 0.6 is 0 Å². The Kier molecular flexibility index (Phi) is 5.94. The fourth-order valence-corrected chi connectivity index (χ4v) is 3.30. The zero-order chi connectivity index (χ0) is 20.3. The number of carbonyl (C=O) groups is 1. The van der Waals surface area contributed by atoms with E-state index in [0.717, 1.165) is 28.3 Å². The van der Waals surface area contributed by atoms with Crippen molar-refractivity contribution in [2.45, 2.75) is 33.0 Å². The molecule has 7 heteroatoms. The molecule has 0 aliphatic carbocycles. The van der Waals surface area contributed by atoms with E-state index in [1.54, 1.807) is 12.0 Å². The monoisotopic (exact) mass is 381 g/mol. The number of hydrogen-bond acceptors (Lipinski definition) is 4. The maximum Gasteiger partial charge on any atom is 0.257 e. The molecule has 0 saturated heterocycles. The van der Waals surface area contributed by atoms with E-state index < -0.39 is 6.10 Å². The lowest BCUT2D eigenvalue weighted by atomic mass is 10.1. The largest absolute Gasteiger partial charge is 0.367 e. The normalized spacial score (nSPS) is 12.2. The SMILES string of the molecule is CO[C@H](C(=O)N(Cc1cc(C)n(C)n1)Cc1cc(C)nn1C)c1ccccc1. The van der Waals surface area contributed by atoms with Gasteiger partial charge in [-0.05, 0) is 31.5 Å². The molecule has 0 spiro atoms. The van der Waals surface area contributed by atoms with E-state index in [0.29, 0.717) is 13.1 Å². The molecule has 1 amide bonds. The van der Waals surface area contributed by atoms with E-state index in [1.807, 2.05) is 79.8 Å². The van der Waals surface area contributed by atoms with Gasteiger partial charge in [0.05, 0.1) is 30.2 Å². The van der Waals surface area contributed by atoms with E-state index in [-0.39, 0.29) is 5.91 Å². The van der Waals surface area contributed by atoms with E-state index in [9.17, 15) is 4.79 Å². The maximum absolute atomic E-state index is 13.4. The van der Waals surface area contributed by atoms with Crippen LogP contribution in [0.25, 0.3) is 0 Å². The van der Waals surface area contributed by atoms with Crippen molar-refractivity contribution in [2.75, 3.05) is 7.11 Å². The molecule has 2 heterocycles. The maximum atomic E-state index is 13.4.